The number of hydrogen-bond donors (Lipinski definition) is 2. The lowest BCUT2D eigenvalue weighted by molar-refractivity contribution is -0.117. The standard InChI is InChI=1S/C16H22ClNO2/c1-11(16(2,3)4)9-15(20)18-14(10-19)12-5-7-13(17)8-6-12/h5-9,14,19H,10H2,1-4H3,(H,18,20)/b11-9-. The largest absolute Gasteiger partial charge is 0.394 e. The molecule has 1 aromatic rings. The summed E-state index contributed by atoms with van der Waals surface area (Å²) in [6, 6.07) is 6.64. The van der Waals surface area contributed by atoms with E-state index in [0.29, 0.717) is 5.02 Å². The van der Waals surface area contributed by atoms with Crippen LogP contribution in [-0.4, -0.2) is 17.6 Å². The van der Waals surface area contributed by atoms with Crippen molar-refractivity contribution in [3.8, 4) is 0 Å². The number of carbonyl (C=O) groups is 1. The first-order valence-corrected chi connectivity index (χ1v) is 6.97. The maximum atomic E-state index is 12.0. The summed E-state index contributed by atoms with van der Waals surface area (Å²) in [4.78, 5) is 12.0. The summed E-state index contributed by atoms with van der Waals surface area (Å²) in [5.74, 6) is -0.202. The number of aliphatic hydroxyl groups excluding tert-OH is 1. The molecule has 1 rings (SSSR count). The number of hydrogen-bond acceptors (Lipinski definition) is 2. The van der Waals surface area contributed by atoms with Gasteiger partial charge in [-0.3, -0.25) is 4.79 Å². The smallest absolute Gasteiger partial charge is 0.244 e. The minimum absolute atomic E-state index is 0.0493. The van der Waals surface area contributed by atoms with E-state index in [4.69, 9.17) is 11.6 Å². The Morgan fingerprint density at radius 3 is 2.35 bits per heavy atom. The van der Waals surface area contributed by atoms with Gasteiger partial charge in [-0.25, -0.2) is 0 Å². The maximum Gasteiger partial charge on any atom is 0.244 e. The Morgan fingerprint density at radius 1 is 1.35 bits per heavy atom. The third-order valence-electron chi connectivity index (χ3n) is 3.30. The van der Waals surface area contributed by atoms with Gasteiger partial charge in [0.2, 0.25) is 5.91 Å². The molecular weight excluding hydrogens is 274 g/mol. The van der Waals surface area contributed by atoms with E-state index in [1.165, 1.54) is 0 Å². The highest BCUT2D eigenvalue weighted by atomic mass is 35.5. The minimum Gasteiger partial charge on any atom is -0.394 e. The highest BCUT2D eigenvalue weighted by molar-refractivity contribution is 6.30. The Bertz CT molecular complexity index is 486. The van der Waals surface area contributed by atoms with E-state index in [2.05, 4.69) is 26.1 Å². The molecule has 0 aliphatic heterocycles. The minimum atomic E-state index is -0.427. The molecule has 0 aromatic heterocycles. The van der Waals surface area contributed by atoms with Crippen LogP contribution in [0.25, 0.3) is 0 Å². The van der Waals surface area contributed by atoms with Crippen molar-refractivity contribution in [3.05, 3.63) is 46.5 Å². The summed E-state index contributed by atoms with van der Waals surface area (Å²) in [6.07, 6.45) is 1.58. The van der Waals surface area contributed by atoms with E-state index in [0.717, 1.165) is 11.1 Å². The van der Waals surface area contributed by atoms with Crippen LogP contribution in [0.1, 0.15) is 39.3 Å². The lowest BCUT2D eigenvalue weighted by Crippen LogP contribution is -2.30. The van der Waals surface area contributed by atoms with Crippen molar-refractivity contribution in [3.63, 3.8) is 0 Å². The Labute approximate surface area is 125 Å². The first-order chi connectivity index (χ1) is 9.24. The summed E-state index contributed by atoms with van der Waals surface area (Å²) < 4.78 is 0. The van der Waals surface area contributed by atoms with Gasteiger partial charge < -0.3 is 10.4 Å². The van der Waals surface area contributed by atoms with Crippen LogP contribution in [0, 0.1) is 5.41 Å². The highest BCUT2D eigenvalue weighted by Crippen LogP contribution is 2.24. The van der Waals surface area contributed by atoms with E-state index in [9.17, 15) is 9.90 Å². The van der Waals surface area contributed by atoms with Gasteiger partial charge in [0.05, 0.1) is 12.6 Å². The molecular formula is C16H22ClNO2. The van der Waals surface area contributed by atoms with Crippen LogP contribution in [0.5, 0.6) is 0 Å². The Balaban J connectivity index is 2.79. The topological polar surface area (TPSA) is 49.3 Å². The van der Waals surface area contributed by atoms with Gasteiger partial charge in [-0.05, 0) is 30.0 Å². The zero-order valence-electron chi connectivity index (χ0n) is 12.4. The fraction of sp³-hybridized carbons (Fsp3) is 0.438. The number of allylic oxidation sites excluding steroid dienone is 1. The van der Waals surface area contributed by atoms with Crippen molar-refractivity contribution in [2.24, 2.45) is 5.41 Å². The van der Waals surface area contributed by atoms with Gasteiger partial charge in [0.15, 0.2) is 0 Å². The average Bonchev–Trinajstić information content (AvgIpc) is 2.36. The summed E-state index contributed by atoms with van der Waals surface area (Å²) in [7, 11) is 0. The van der Waals surface area contributed by atoms with Crippen LogP contribution < -0.4 is 5.32 Å². The second kappa shape index (κ2) is 6.91. The molecule has 0 spiro atoms. The zero-order valence-corrected chi connectivity index (χ0v) is 13.2. The predicted octanol–water partition coefficient (Wildman–Crippen LogP) is 3.48. The van der Waals surface area contributed by atoms with Gasteiger partial charge in [0.1, 0.15) is 0 Å². The molecule has 0 aliphatic rings. The molecule has 4 heteroatoms. The second-order valence-corrected chi connectivity index (χ2v) is 6.31. The number of rotatable bonds is 4. The number of nitrogens with one attached hydrogen (secondary N) is 1. The van der Waals surface area contributed by atoms with Gasteiger partial charge in [-0.1, -0.05) is 50.1 Å². The van der Waals surface area contributed by atoms with E-state index in [1.54, 1.807) is 30.3 Å². The lowest BCUT2D eigenvalue weighted by atomic mass is 9.87. The van der Waals surface area contributed by atoms with Gasteiger partial charge >= 0.3 is 0 Å². The van der Waals surface area contributed by atoms with Gasteiger partial charge in [-0.2, -0.15) is 0 Å². The number of amides is 1. The Kier molecular flexibility index (Phi) is 5.78. The second-order valence-electron chi connectivity index (χ2n) is 5.87. The molecule has 1 amide bonds. The first-order valence-electron chi connectivity index (χ1n) is 6.59. The van der Waals surface area contributed by atoms with Gasteiger partial charge in [0, 0.05) is 11.1 Å². The molecule has 0 aliphatic carbocycles. The van der Waals surface area contributed by atoms with Crippen LogP contribution in [0.3, 0.4) is 0 Å². The molecule has 110 valence electrons. The van der Waals surface area contributed by atoms with Gasteiger partial charge in [-0.15, -0.1) is 0 Å². The zero-order chi connectivity index (χ0) is 15.3. The molecule has 0 saturated heterocycles. The van der Waals surface area contributed by atoms with E-state index < -0.39 is 6.04 Å². The summed E-state index contributed by atoms with van der Waals surface area (Å²) >= 11 is 5.82. The van der Waals surface area contributed by atoms with Crippen molar-refractivity contribution in [2.75, 3.05) is 6.61 Å². The molecule has 3 nitrogen and oxygen atoms in total. The molecule has 0 fully saturated rings. The van der Waals surface area contributed by atoms with Crippen LogP contribution in [0.2, 0.25) is 5.02 Å². The Morgan fingerprint density at radius 2 is 1.90 bits per heavy atom. The summed E-state index contributed by atoms with van der Waals surface area (Å²) in [6.45, 7) is 7.92. The van der Waals surface area contributed by atoms with Gasteiger partial charge in [0.25, 0.3) is 0 Å². The van der Waals surface area contributed by atoms with E-state index >= 15 is 0 Å². The number of halogens is 1. The normalized spacial score (nSPS) is 14.0. The Hall–Kier alpha value is -1.32. The molecule has 1 aromatic carbocycles. The van der Waals surface area contributed by atoms with Crippen LogP contribution in [0.15, 0.2) is 35.9 Å². The fourth-order valence-corrected chi connectivity index (χ4v) is 1.68. The molecule has 0 bridgehead atoms. The van der Waals surface area contributed by atoms with Crippen molar-refractivity contribution in [1.82, 2.24) is 5.32 Å². The molecule has 0 saturated carbocycles. The van der Waals surface area contributed by atoms with Crippen molar-refractivity contribution in [2.45, 2.75) is 33.7 Å². The molecule has 1 unspecified atom stereocenters. The molecule has 0 radical (unpaired) electrons. The van der Waals surface area contributed by atoms with Crippen LogP contribution in [0.4, 0.5) is 0 Å². The molecule has 0 heterocycles. The molecule has 1 atom stereocenters. The van der Waals surface area contributed by atoms with Crippen LogP contribution in [-0.2, 0) is 4.79 Å². The lowest BCUT2D eigenvalue weighted by Gasteiger charge is -2.20. The van der Waals surface area contributed by atoms with Crippen molar-refractivity contribution >= 4 is 17.5 Å². The van der Waals surface area contributed by atoms with E-state index in [-0.39, 0.29) is 17.9 Å². The third-order valence-corrected chi connectivity index (χ3v) is 3.55. The SMILES string of the molecule is C/C(=C/C(=O)NC(CO)c1ccc(Cl)cc1)C(C)(C)C. The highest BCUT2D eigenvalue weighted by Gasteiger charge is 2.16. The van der Waals surface area contributed by atoms with Crippen molar-refractivity contribution in [1.29, 1.82) is 0 Å². The third kappa shape index (κ3) is 4.99. The first kappa shape index (κ1) is 16.7. The predicted molar refractivity (Wildman–Crippen MR) is 82.6 cm³/mol. The number of benzene rings is 1. The summed E-state index contributed by atoms with van der Waals surface area (Å²) in [5, 5.41) is 12.8. The monoisotopic (exact) mass is 295 g/mol. The number of carbonyl (C=O) groups excluding carboxylic acids is 1. The fourth-order valence-electron chi connectivity index (χ4n) is 1.56. The van der Waals surface area contributed by atoms with Crippen LogP contribution >= 0.6 is 11.6 Å². The van der Waals surface area contributed by atoms with E-state index in [1.807, 2.05) is 6.92 Å². The molecule has 2 N–H and O–H groups in total. The quantitative estimate of drug-likeness (QED) is 0.836. The molecule has 20 heavy (non-hydrogen) atoms. The average molecular weight is 296 g/mol. The maximum absolute atomic E-state index is 12.0. The number of aliphatic hydroxyl groups is 1. The van der Waals surface area contributed by atoms with Crippen molar-refractivity contribution < 1.29 is 9.90 Å². The summed E-state index contributed by atoms with van der Waals surface area (Å²) in [5.41, 5.74) is 1.77.